The van der Waals surface area contributed by atoms with E-state index in [2.05, 4.69) is 36.5 Å². The lowest BCUT2D eigenvalue weighted by atomic mass is 10.1. The van der Waals surface area contributed by atoms with E-state index in [1.807, 2.05) is 32.6 Å². The molecule has 0 aromatic heterocycles. The van der Waals surface area contributed by atoms with Crippen LogP contribution >= 0.6 is 11.8 Å². The maximum absolute atomic E-state index is 12.6. The number of thioether (sulfide) groups is 1. The second kappa shape index (κ2) is 7.68. The highest BCUT2D eigenvalue weighted by Crippen LogP contribution is 2.42. The molecule has 1 heterocycles. The molecule has 0 radical (unpaired) electrons. The van der Waals surface area contributed by atoms with E-state index in [1.165, 1.54) is 5.56 Å². The van der Waals surface area contributed by atoms with Crippen LogP contribution in [0.2, 0.25) is 0 Å². The minimum Gasteiger partial charge on any atom is -0.333 e. The van der Waals surface area contributed by atoms with Gasteiger partial charge in [-0.05, 0) is 40.2 Å². The summed E-state index contributed by atoms with van der Waals surface area (Å²) in [5, 5.41) is 2.90. The Labute approximate surface area is 155 Å². The molecule has 0 bridgehead atoms. The van der Waals surface area contributed by atoms with Gasteiger partial charge in [0.15, 0.2) is 0 Å². The molecule has 5 nitrogen and oxygen atoms in total. The summed E-state index contributed by atoms with van der Waals surface area (Å²) in [7, 11) is 1.76. The van der Waals surface area contributed by atoms with Gasteiger partial charge < -0.3 is 15.1 Å². The minimum atomic E-state index is -0.274. The normalized spacial score (nSPS) is 20.7. The third kappa shape index (κ3) is 5.14. The number of rotatable bonds is 4. The molecule has 1 N–H and O–H groups in total. The summed E-state index contributed by atoms with van der Waals surface area (Å²) < 4.78 is 0. The average Bonchev–Trinajstić information content (AvgIpc) is 2.79. The molecule has 1 aliphatic heterocycles. The third-order valence-electron chi connectivity index (χ3n) is 4.11. The molecule has 1 aromatic carbocycles. The topological polar surface area (TPSA) is 52.7 Å². The first-order chi connectivity index (χ1) is 11.6. The van der Waals surface area contributed by atoms with Crippen molar-refractivity contribution >= 4 is 23.7 Å². The molecule has 1 aliphatic rings. The van der Waals surface area contributed by atoms with Crippen molar-refractivity contribution in [3.63, 3.8) is 0 Å². The van der Waals surface area contributed by atoms with Gasteiger partial charge in [-0.15, -0.1) is 11.8 Å². The number of amides is 3. The first kappa shape index (κ1) is 19.6. The molecule has 1 saturated heterocycles. The summed E-state index contributed by atoms with van der Waals surface area (Å²) in [5.41, 5.74) is 2.07. The van der Waals surface area contributed by atoms with E-state index in [1.54, 1.807) is 23.7 Å². The van der Waals surface area contributed by atoms with Crippen LogP contribution in [0.15, 0.2) is 24.3 Å². The summed E-state index contributed by atoms with van der Waals surface area (Å²) in [5.74, 6) is 0.139. The largest absolute Gasteiger partial charge is 0.333 e. The van der Waals surface area contributed by atoms with Gasteiger partial charge in [-0.25, -0.2) is 4.79 Å². The number of benzene rings is 1. The zero-order chi connectivity index (χ0) is 18.8. The monoisotopic (exact) mass is 363 g/mol. The first-order valence-electron chi connectivity index (χ1n) is 8.64. The molecule has 0 spiro atoms. The predicted molar refractivity (Wildman–Crippen MR) is 104 cm³/mol. The van der Waals surface area contributed by atoms with Crippen LogP contribution in [-0.4, -0.2) is 52.7 Å². The zero-order valence-electron chi connectivity index (χ0n) is 16.0. The van der Waals surface area contributed by atoms with Crippen LogP contribution in [0.5, 0.6) is 0 Å². The lowest BCUT2D eigenvalue weighted by molar-refractivity contribution is -0.129. The summed E-state index contributed by atoms with van der Waals surface area (Å²) in [6.45, 7) is 10.9. The van der Waals surface area contributed by atoms with Crippen LogP contribution in [0.1, 0.15) is 44.2 Å². The lowest BCUT2D eigenvalue weighted by Crippen LogP contribution is -2.49. The standard InChI is InChI=1S/C19H29N3O2S/c1-13-7-9-15(10-8-13)17-22(16(23)14(2)25-17)12-11-21(6)18(24)20-19(3,4)5/h7-10,14,17H,11-12H2,1-6H3,(H,20,24)/t14-,17-/m1/s1. The van der Waals surface area contributed by atoms with E-state index in [0.29, 0.717) is 13.1 Å². The number of carbonyl (C=O) groups is 2. The highest BCUT2D eigenvalue weighted by Gasteiger charge is 2.38. The fraction of sp³-hybridized carbons (Fsp3) is 0.579. The smallest absolute Gasteiger partial charge is 0.317 e. The van der Waals surface area contributed by atoms with Crippen LogP contribution in [0.25, 0.3) is 0 Å². The molecule has 0 unspecified atom stereocenters. The Hall–Kier alpha value is -1.69. The number of hydrogen-bond donors (Lipinski definition) is 1. The zero-order valence-corrected chi connectivity index (χ0v) is 16.8. The Kier molecular flexibility index (Phi) is 6.03. The molecule has 1 aromatic rings. The summed E-state index contributed by atoms with van der Waals surface area (Å²) >= 11 is 1.67. The fourth-order valence-corrected chi connectivity index (χ4v) is 3.98. The Balaban J connectivity index is 2.03. The molecule has 0 aliphatic carbocycles. The fourth-order valence-electron chi connectivity index (χ4n) is 2.67. The van der Waals surface area contributed by atoms with Crippen LogP contribution in [0.3, 0.4) is 0 Å². The number of hydrogen-bond acceptors (Lipinski definition) is 3. The Morgan fingerprint density at radius 1 is 1.28 bits per heavy atom. The number of nitrogens with zero attached hydrogens (tertiary/aromatic N) is 2. The maximum atomic E-state index is 12.6. The van der Waals surface area contributed by atoms with Crippen molar-refractivity contribution in [3.8, 4) is 0 Å². The Morgan fingerprint density at radius 2 is 1.88 bits per heavy atom. The third-order valence-corrected chi connectivity index (χ3v) is 5.51. The van der Waals surface area contributed by atoms with Crippen molar-refractivity contribution in [3.05, 3.63) is 35.4 Å². The number of aryl methyl sites for hydroxylation is 1. The van der Waals surface area contributed by atoms with Crippen molar-refractivity contribution < 1.29 is 9.59 Å². The number of likely N-dealkylation sites (N-methyl/N-ethyl adjacent to an activating group) is 1. The van der Waals surface area contributed by atoms with E-state index < -0.39 is 0 Å². The van der Waals surface area contributed by atoms with Gasteiger partial charge in [0.1, 0.15) is 5.37 Å². The highest BCUT2D eigenvalue weighted by molar-refractivity contribution is 8.01. The summed E-state index contributed by atoms with van der Waals surface area (Å²) in [6.07, 6.45) is 0. The van der Waals surface area contributed by atoms with Gasteiger partial charge in [-0.1, -0.05) is 29.8 Å². The average molecular weight is 364 g/mol. The summed E-state index contributed by atoms with van der Waals surface area (Å²) in [4.78, 5) is 28.3. The van der Waals surface area contributed by atoms with E-state index in [-0.39, 0.29) is 28.1 Å². The van der Waals surface area contributed by atoms with Gasteiger partial charge in [-0.3, -0.25) is 4.79 Å². The van der Waals surface area contributed by atoms with E-state index in [4.69, 9.17) is 0 Å². The van der Waals surface area contributed by atoms with Gasteiger partial charge in [0, 0.05) is 25.7 Å². The van der Waals surface area contributed by atoms with Crippen LogP contribution in [-0.2, 0) is 4.79 Å². The van der Waals surface area contributed by atoms with Gasteiger partial charge in [0.25, 0.3) is 0 Å². The molecule has 2 rings (SSSR count). The predicted octanol–water partition coefficient (Wildman–Crippen LogP) is 3.40. The van der Waals surface area contributed by atoms with Crippen molar-refractivity contribution in [2.75, 3.05) is 20.1 Å². The number of urea groups is 1. The van der Waals surface area contributed by atoms with E-state index in [9.17, 15) is 9.59 Å². The highest BCUT2D eigenvalue weighted by atomic mass is 32.2. The van der Waals surface area contributed by atoms with Crippen LogP contribution in [0, 0.1) is 6.92 Å². The molecule has 0 saturated carbocycles. The van der Waals surface area contributed by atoms with Gasteiger partial charge in [0.2, 0.25) is 5.91 Å². The maximum Gasteiger partial charge on any atom is 0.317 e. The van der Waals surface area contributed by atoms with Crippen molar-refractivity contribution in [1.82, 2.24) is 15.1 Å². The molecular weight excluding hydrogens is 334 g/mol. The van der Waals surface area contributed by atoms with Crippen molar-refractivity contribution in [2.45, 2.75) is 50.8 Å². The van der Waals surface area contributed by atoms with E-state index in [0.717, 1.165) is 5.56 Å². The first-order valence-corrected chi connectivity index (χ1v) is 9.58. The molecule has 138 valence electrons. The quantitative estimate of drug-likeness (QED) is 0.892. The Bertz CT molecular complexity index is 625. The van der Waals surface area contributed by atoms with Gasteiger partial charge in [0.05, 0.1) is 5.25 Å². The van der Waals surface area contributed by atoms with E-state index >= 15 is 0 Å². The van der Waals surface area contributed by atoms with Crippen molar-refractivity contribution in [1.29, 1.82) is 0 Å². The number of carbonyl (C=O) groups excluding carboxylic acids is 2. The Morgan fingerprint density at radius 3 is 2.44 bits per heavy atom. The van der Waals surface area contributed by atoms with Gasteiger partial charge >= 0.3 is 6.03 Å². The SMILES string of the molecule is Cc1ccc([C@H]2S[C@H](C)C(=O)N2CCN(C)C(=O)NC(C)(C)C)cc1. The number of nitrogens with one attached hydrogen (secondary N) is 1. The molecule has 6 heteroatoms. The van der Waals surface area contributed by atoms with Crippen LogP contribution in [0.4, 0.5) is 4.79 Å². The second-order valence-corrected chi connectivity index (χ2v) is 9.10. The van der Waals surface area contributed by atoms with Gasteiger partial charge in [-0.2, -0.15) is 0 Å². The van der Waals surface area contributed by atoms with Crippen molar-refractivity contribution in [2.24, 2.45) is 0 Å². The lowest BCUT2D eigenvalue weighted by Gasteiger charge is -2.29. The molecule has 1 fully saturated rings. The minimum absolute atomic E-state index is 0.0159. The molecule has 25 heavy (non-hydrogen) atoms. The second-order valence-electron chi connectivity index (χ2n) is 7.67. The molecule has 3 amide bonds. The molecule has 2 atom stereocenters. The summed E-state index contributed by atoms with van der Waals surface area (Å²) in [6, 6.07) is 8.20. The van der Waals surface area contributed by atoms with Crippen LogP contribution < -0.4 is 5.32 Å². The molecular formula is C19H29N3O2S.